The van der Waals surface area contributed by atoms with Gasteiger partial charge in [-0.15, -0.1) is 0 Å². The lowest BCUT2D eigenvalue weighted by atomic mass is 10.0. The molecule has 0 amide bonds. The molecule has 0 radical (unpaired) electrons. The number of pyridine rings is 1. The highest BCUT2D eigenvalue weighted by Gasteiger charge is 2.02. The summed E-state index contributed by atoms with van der Waals surface area (Å²) in [6.07, 6.45) is 6.35. The molecular formula is C24H24N+. The lowest BCUT2D eigenvalue weighted by Crippen LogP contribution is -2.33. The molecule has 0 saturated carbocycles. The van der Waals surface area contributed by atoms with Crippen LogP contribution in [0.2, 0.25) is 0 Å². The topological polar surface area (TPSA) is 3.88 Å². The number of aryl methyl sites for hydroxylation is 3. The predicted octanol–water partition coefficient (Wildman–Crippen LogP) is 5.09. The van der Waals surface area contributed by atoms with Crippen molar-refractivity contribution < 1.29 is 4.57 Å². The van der Waals surface area contributed by atoms with Crippen LogP contribution in [0.3, 0.4) is 0 Å². The standard InChI is InChI=1S/C24H24N/c1-20-16-18-25(19-21(20)2)17-8-4-5-9-22-12-14-24(15-13-22)23-10-6-3-7-11-23/h3,6-7,10-16,18-19H,4,8,17H2,1-2H3/q+1. The number of aromatic nitrogens is 1. The van der Waals surface area contributed by atoms with Gasteiger partial charge in [0, 0.05) is 30.0 Å². The number of unbranched alkanes of at least 4 members (excludes halogenated alkanes) is 1. The van der Waals surface area contributed by atoms with Crippen molar-refractivity contribution in [2.75, 3.05) is 0 Å². The van der Waals surface area contributed by atoms with E-state index in [0.29, 0.717) is 0 Å². The second-order valence-corrected chi connectivity index (χ2v) is 6.40. The number of hydrogen-bond acceptors (Lipinski definition) is 0. The van der Waals surface area contributed by atoms with Crippen molar-refractivity contribution in [1.29, 1.82) is 0 Å². The summed E-state index contributed by atoms with van der Waals surface area (Å²) in [5, 5.41) is 0. The van der Waals surface area contributed by atoms with Crippen LogP contribution in [0.25, 0.3) is 11.1 Å². The van der Waals surface area contributed by atoms with E-state index in [1.165, 1.54) is 22.3 Å². The van der Waals surface area contributed by atoms with Gasteiger partial charge in [0.05, 0.1) is 0 Å². The Morgan fingerprint density at radius 1 is 0.800 bits per heavy atom. The van der Waals surface area contributed by atoms with E-state index < -0.39 is 0 Å². The van der Waals surface area contributed by atoms with Crippen molar-refractivity contribution in [2.45, 2.75) is 33.2 Å². The van der Waals surface area contributed by atoms with Crippen LogP contribution in [0.15, 0.2) is 73.1 Å². The van der Waals surface area contributed by atoms with Crippen molar-refractivity contribution in [3.8, 4) is 23.0 Å². The zero-order chi connectivity index (χ0) is 17.5. The summed E-state index contributed by atoms with van der Waals surface area (Å²) >= 11 is 0. The molecule has 3 aromatic rings. The van der Waals surface area contributed by atoms with Gasteiger partial charge in [0.2, 0.25) is 0 Å². The van der Waals surface area contributed by atoms with E-state index in [-0.39, 0.29) is 0 Å². The van der Waals surface area contributed by atoms with Gasteiger partial charge in [-0.1, -0.05) is 54.3 Å². The van der Waals surface area contributed by atoms with Crippen LogP contribution < -0.4 is 4.57 Å². The zero-order valence-corrected chi connectivity index (χ0v) is 15.0. The van der Waals surface area contributed by atoms with Crippen molar-refractivity contribution in [3.05, 3.63) is 89.7 Å². The Balaban J connectivity index is 1.52. The Bertz CT molecular complexity index is 881. The van der Waals surface area contributed by atoms with Gasteiger partial charge in [0.15, 0.2) is 12.4 Å². The van der Waals surface area contributed by atoms with Crippen LogP contribution >= 0.6 is 0 Å². The van der Waals surface area contributed by atoms with Crippen LogP contribution in [-0.2, 0) is 6.54 Å². The van der Waals surface area contributed by atoms with E-state index in [1.807, 2.05) is 6.07 Å². The molecule has 2 aromatic carbocycles. The molecule has 0 aliphatic carbocycles. The van der Waals surface area contributed by atoms with E-state index in [9.17, 15) is 0 Å². The van der Waals surface area contributed by atoms with Gasteiger partial charge in [-0.05, 0) is 42.7 Å². The van der Waals surface area contributed by atoms with Gasteiger partial charge in [-0.2, -0.15) is 0 Å². The van der Waals surface area contributed by atoms with E-state index in [2.05, 4.69) is 97.2 Å². The third kappa shape index (κ3) is 4.81. The molecule has 1 heterocycles. The Labute approximate surface area is 151 Å². The first-order valence-corrected chi connectivity index (χ1v) is 8.83. The number of hydrogen-bond donors (Lipinski definition) is 0. The van der Waals surface area contributed by atoms with Gasteiger partial charge in [0.25, 0.3) is 0 Å². The average molecular weight is 326 g/mol. The molecule has 25 heavy (non-hydrogen) atoms. The van der Waals surface area contributed by atoms with Crippen LogP contribution in [0.4, 0.5) is 0 Å². The van der Waals surface area contributed by atoms with Gasteiger partial charge < -0.3 is 0 Å². The van der Waals surface area contributed by atoms with Crippen molar-refractivity contribution in [2.24, 2.45) is 0 Å². The van der Waals surface area contributed by atoms with Crippen LogP contribution in [0, 0.1) is 25.7 Å². The largest absolute Gasteiger partial charge is 0.205 e. The fourth-order valence-electron chi connectivity index (χ4n) is 2.76. The first-order chi connectivity index (χ1) is 12.2. The van der Waals surface area contributed by atoms with Gasteiger partial charge in [0.1, 0.15) is 6.54 Å². The third-order valence-corrected chi connectivity index (χ3v) is 4.44. The number of nitrogens with zero attached hydrogens (tertiary/aromatic N) is 1. The minimum atomic E-state index is 0.917. The molecule has 0 bridgehead atoms. The Hall–Kier alpha value is -2.85. The van der Waals surface area contributed by atoms with Crippen LogP contribution in [0.1, 0.15) is 29.5 Å². The van der Waals surface area contributed by atoms with E-state index in [0.717, 1.165) is 24.9 Å². The van der Waals surface area contributed by atoms with Crippen molar-refractivity contribution in [1.82, 2.24) is 0 Å². The molecule has 3 rings (SSSR count). The van der Waals surface area contributed by atoms with Crippen LogP contribution in [0.5, 0.6) is 0 Å². The summed E-state index contributed by atoms with van der Waals surface area (Å²) in [5.41, 5.74) is 6.24. The predicted molar refractivity (Wildman–Crippen MR) is 104 cm³/mol. The summed E-state index contributed by atoms with van der Waals surface area (Å²) in [4.78, 5) is 0. The highest BCUT2D eigenvalue weighted by Crippen LogP contribution is 2.18. The maximum absolute atomic E-state index is 3.29. The maximum atomic E-state index is 3.29. The molecule has 1 heteroatoms. The van der Waals surface area contributed by atoms with Gasteiger partial charge in [-0.3, -0.25) is 0 Å². The fourth-order valence-corrected chi connectivity index (χ4v) is 2.76. The third-order valence-electron chi connectivity index (χ3n) is 4.44. The Morgan fingerprint density at radius 3 is 2.24 bits per heavy atom. The molecule has 0 unspecified atom stereocenters. The van der Waals surface area contributed by atoms with E-state index >= 15 is 0 Å². The first kappa shape index (κ1) is 17.0. The number of rotatable bonds is 4. The lowest BCUT2D eigenvalue weighted by Gasteiger charge is -2.01. The minimum absolute atomic E-state index is 0.917. The summed E-state index contributed by atoms with van der Waals surface area (Å²) in [5.74, 6) is 6.56. The molecular weight excluding hydrogens is 302 g/mol. The Morgan fingerprint density at radius 2 is 1.52 bits per heavy atom. The van der Waals surface area contributed by atoms with E-state index in [4.69, 9.17) is 0 Å². The minimum Gasteiger partial charge on any atom is -0.205 e. The molecule has 0 aliphatic heterocycles. The molecule has 0 atom stereocenters. The molecule has 124 valence electrons. The van der Waals surface area contributed by atoms with E-state index in [1.54, 1.807) is 0 Å². The molecule has 0 spiro atoms. The molecule has 0 aliphatic rings. The summed E-state index contributed by atoms with van der Waals surface area (Å²) < 4.78 is 2.25. The molecule has 0 N–H and O–H groups in total. The SMILES string of the molecule is Cc1cc[n+](CCCC#Cc2ccc(-c3ccccc3)cc2)cc1C. The second-order valence-electron chi connectivity index (χ2n) is 6.40. The normalized spacial score (nSPS) is 10.2. The average Bonchev–Trinajstić information content (AvgIpc) is 2.65. The summed E-state index contributed by atoms with van der Waals surface area (Å²) in [6, 6.07) is 21.1. The Kier molecular flexibility index (Phi) is 5.65. The van der Waals surface area contributed by atoms with Crippen molar-refractivity contribution >= 4 is 0 Å². The fraction of sp³-hybridized carbons (Fsp3) is 0.208. The molecule has 1 aromatic heterocycles. The van der Waals surface area contributed by atoms with Gasteiger partial charge >= 0.3 is 0 Å². The maximum Gasteiger partial charge on any atom is 0.171 e. The lowest BCUT2D eigenvalue weighted by molar-refractivity contribution is -0.697. The zero-order valence-electron chi connectivity index (χ0n) is 15.0. The molecule has 1 nitrogen and oxygen atoms in total. The van der Waals surface area contributed by atoms with Crippen molar-refractivity contribution in [3.63, 3.8) is 0 Å². The first-order valence-electron chi connectivity index (χ1n) is 8.83. The summed E-state index contributed by atoms with van der Waals surface area (Å²) in [6.45, 7) is 5.32. The monoisotopic (exact) mass is 326 g/mol. The highest BCUT2D eigenvalue weighted by atomic mass is 14.9. The quantitative estimate of drug-likeness (QED) is 0.357. The van der Waals surface area contributed by atoms with Crippen LogP contribution in [-0.4, -0.2) is 0 Å². The highest BCUT2D eigenvalue weighted by molar-refractivity contribution is 5.64. The summed E-state index contributed by atoms with van der Waals surface area (Å²) in [7, 11) is 0. The van der Waals surface area contributed by atoms with Gasteiger partial charge in [-0.25, -0.2) is 4.57 Å². The smallest absolute Gasteiger partial charge is 0.171 e. The molecule has 0 saturated heterocycles. The second kappa shape index (κ2) is 8.31. The number of benzene rings is 2. The molecule has 0 fully saturated rings.